The second-order valence-corrected chi connectivity index (χ2v) is 22.5. The van der Waals surface area contributed by atoms with Gasteiger partial charge in [-0.1, -0.05) is 169 Å². The van der Waals surface area contributed by atoms with E-state index in [1.54, 1.807) is 0 Å². The fourth-order valence-corrected chi connectivity index (χ4v) is 9.39. The molecule has 6 heteroatoms. The van der Waals surface area contributed by atoms with Crippen molar-refractivity contribution < 1.29 is 24.5 Å². The number of benzene rings is 5. The molecule has 4 heterocycles. The third-order valence-corrected chi connectivity index (χ3v) is 12.7. The van der Waals surface area contributed by atoms with Gasteiger partial charge in [-0.15, -0.1) is 0 Å². The molecule has 0 amide bonds. The van der Waals surface area contributed by atoms with Gasteiger partial charge in [0.1, 0.15) is 11.2 Å². The minimum Gasteiger partial charge on any atom is -0.455 e. The first-order valence-electron chi connectivity index (χ1n) is 21.5. The molecule has 0 N–H and O–H groups in total. The van der Waals surface area contributed by atoms with Gasteiger partial charge >= 0.3 is 0 Å². The Hall–Kier alpha value is -5.78. The molecule has 62 heavy (non-hydrogen) atoms. The molecule has 9 rings (SSSR count). The van der Waals surface area contributed by atoms with Crippen LogP contribution >= 0.6 is 0 Å². The van der Waals surface area contributed by atoms with Crippen molar-refractivity contribution in [1.82, 2.24) is 15.0 Å². The maximum Gasteiger partial charge on any atom is 0.145 e. The van der Waals surface area contributed by atoms with Crippen molar-refractivity contribution in [2.75, 3.05) is 0 Å². The molecule has 0 bridgehead atoms. The number of aromatic nitrogens is 3. The van der Waals surface area contributed by atoms with Crippen molar-refractivity contribution in [2.24, 2.45) is 11.8 Å². The fourth-order valence-electron chi connectivity index (χ4n) is 7.80. The molecular formula is C56H57IrN3OSi. The Morgan fingerprint density at radius 2 is 1.05 bits per heavy atom. The van der Waals surface area contributed by atoms with E-state index >= 15 is 0 Å². The standard InChI is InChI=1S/C23H15NO.C18H25NSi.C15H17N.Ir/c1-2-8-16(9-3-1)17-13-14-18(20-11-6-7-15-24-20)23-22(17)19-10-4-5-12-21(19)25-23;1-14(2)11-16-12-17(15-9-7-6-8-10-15)19-13-18(16)20(3,4)5;1-12(2)10-13-8-9-16-15(11-13)14-6-4-3-5-7-14;/h1-15H;6-10,12-14H,11H2,1-5H3;3-9,11-12H,10H2,1-2H3;. The molecule has 0 atom stereocenters. The summed E-state index contributed by atoms with van der Waals surface area (Å²) >= 11 is 0. The summed E-state index contributed by atoms with van der Waals surface area (Å²) in [7, 11) is -1.33. The Kier molecular flexibility index (Phi) is 15.7. The summed E-state index contributed by atoms with van der Waals surface area (Å²) in [5.41, 5.74) is 13.5. The summed E-state index contributed by atoms with van der Waals surface area (Å²) in [5, 5.41) is 3.78. The van der Waals surface area contributed by atoms with E-state index in [2.05, 4.69) is 173 Å². The van der Waals surface area contributed by atoms with E-state index in [1.165, 1.54) is 38.6 Å². The first-order chi connectivity index (χ1) is 29.5. The molecule has 1 radical (unpaired) electrons. The number of fused-ring (bicyclic) bond motifs is 3. The predicted molar refractivity (Wildman–Crippen MR) is 262 cm³/mol. The summed E-state index contributed by atoms with van der Waals surface area (Å²) in [6.45, 7) is 16.3. The Morgan fingerprint density at radius 1 is 0.500 bits per heavy atom. The van der Waals surface area contributed by atoms with Crippen LogP contribution in [0.15, 0.2) is 187 Å². The van der Waals surface area contributed by atoms with Gasteiger partial charge in [0, 0.05) is 66.2 Å². The van der Waals surface area contributed by atoms with Crippen LogP contribution in [0.1, 0.15) is 38.8 Å². The summed E-state index contributed by atoms with van der Waals surface area (Å²) in [4.78, 5) is 13.6. The molecule has 4 aromatic heterocycles. The normalized spacial score (nSPS) is 11.1. The Labute approximate surface area is 382 Å². The number of hydrogen-bond donors (Lipinski definition) is 0. The van der Waals surface area contributed by atoms with E-state index < -0.39 is 8.07 Å². The molecule has 9 aromatic rings. The number of nitrogens with zero attached hydrogens (tertiary/aromatic N) is 3. The number of para-hydroxylation sites is 1. The molecule has 0 unspecified atom stereocenters. The van der Waals surface area contributed by atoms with Crippen LogP contribution in [0.4, 0.5) is 0 Å². The van der Waals surface area contributed by atoms with Crippen LogP contribution in [-0.4, -0.2) is 23.0 Å². The molecule has 0 fully saturated rings. The van der Waals surface area contributed by atoms with Crippen LogP contribution in [0.3, 0.4) is 0 Å². The van der Waals surface area contributed by atoms with Gasteiger partial charge in [0.2, 0.25) is 0 Å². The largest absolute Gasteiger partial charge is 0.455 e. The van der Waals surface area contributed by atoms with Crippen LogP contribution in [0.5, 0.6) is 0 Å². The van der Waals surface area contributed by atoms with Gasteiger partial charge in [0.15, 0.2) is 0 Å². The van der Waals surface area contributed by atoms with Gasteiger partial charge in [-0.25, -0.2) is 0 Å². The number of furan rings is 1. The fraction of sp³-hybridized carbons (Fsp3) is 0.196. The third kappa shape index (κ3) is 11.6. The molecule has 4 nitrogen and oxygen atoms in total. The van der Waals surface area contributed by atoms with Gasteiger partial charge in [-0.2, -0.15) is 0 Å². The predicted octanol–water partition coefficient (Wildman–Crippen LogP) is 14.8. The van der Waals surface area contributed by atoms with E-state index in [1.807, 2.05) is 67.0 Å². The van der Waals surface area contributed by atoms with Crippen molar-refractivity contribution in [2.45, 2.75) is 60.2 Å². The molecule has 0 spiro atoms. The second kappa shape index (κ2) is 21.3. The van der Waals surface area contributed by atoms with Crippen molar-refractivity contribution >= 4 is 35.2 Å². The number of pyridine rings is 3. The zero-order valence-electron chi connectivity index (χ0n) is 37.0. The number of rotatable bonds is 9. The zero-order valence-corrected chi connectivity index (χ0v) is 40.4. The molecule has 0 saturated heterocycles. The van der Waals surface area contributed by atoms with Crippen LogP contribution in [0.25, 0.3) is 66.8 Å². The minimum absolute atomic E-state index is 0. The molecule has 0 aliphatic heterocycles. The maximum atomic E-state index is 6.26. The average molecular weight is 1010 g/mol. The molecular weight excluding hydrogens is 951 g/mol. The Morgan fingerprint density at radius 3 is 1.65 bits per heavy atom. The van der Waals surface area contributed by atoms with Gasteiger partial charge < -0.3 is 4.42 Å². The van der Waals surface area contributed by atoms with Gasteiger partial charge in [0.05, 0.1) is 25.2 Å². The summed E-state index contributed by atoms with van der Waals surface area (Å²) in [6.07, 6.45) is 8.10. The van der Waals surface area contributed by atoms with Crippen molar-refractivity contribution in [1.29, 1.82) is 0 Å². The van der Waals surface area contributed by atoms with E-state index in [4.69, 9.17) is 9.40 Å². The molecule has 0 saturated carbocycles. The molecule has 5 aromatic carbocycles. The molecule has 0 aliphatic carbocycles. The monoisotopic (exact) mass is 1010 g/mol. The smallest absolute Gasteiger partial charge is 0.145 e. The first kappa shape index (κ1) is 45.7. The quantitative estimate of drug-likeness (QED) is 0.135. The average Bonchev–Trinajstić information content (AvgIpc) is 3.67. The van der Waals surface area contributed by atoms with E-state index in [0.29, 0.717) is 11.8 Å². The number of hydrogen-bond acceptors (Lipinski definition) is 4. The minimum atomic E-state index is -1.33. The van der Waals surface area contributed by atoms with Crippen molar-refractivity contribution in [3.8, 4) is 44.9 Å². The van der Waals surface area contributed by atoms with Crippen molar-refractivity contribution in [3.63, 3.8) is 0 Å². The topological polar surface area (TPSA) is 51.8 Å². The third-order valence-electron chi connectivity index (χ3n) is 10.6. The van der Waals surface area contributed by atoms with E-state index in [9.17, 15) is 0 Å². The first-order valence-corrected chi connectivity index (χ1v) is 25.0. The molecule has 0 aliphatic rings. The SMILES string of the molecule is CC(C)Cc1cc(-c2ccccc2)ncc1[Si](C)(C)C.CC(C)Cc1ccnc(-c2ccccc2)c1.[Ir].c1ccc(-c2ccc(-c3ccccn3)c3oc4ccccc4c23)cc1. The van der Waals surface area contributed by atoms with Gasteiger partial charge in [0.25, 0.3) is 0 Å². The van der Waals surface area contributed by atoms with Crippen LogP contribution in [-0.2, 0) is 32.9 Å². The van der Waals surface area contributed by atoms with Crippen LogP contribution in [0, 0.1) is 11.8 Å². The summed E-state index contributed by atoms with van der Waals surface area (Å²) < 4.78 is 6.26. The van der Waals surface area contributed by atoms with Crippen molar-refractivity contribution in [3.05, 3.63) is 194 Å². The summed E-state index contributed by atoms with van der Waals surface area (Å²) in [6, 6.07) is 56.3. The van der Waals surface area contributed by atoms with Crippen LogP contribution < -0.4 is 5.19 Å². The molecule has 315 valence electrons. The van der Waals surface area contributed by atoms with Gasteiger partial charge in [-0.3, -0.25) is 15.0 Å². The second-order valence-electron chi connectivity index (χ2n) is 17.5. The maximum absolute atomic E-state index is 6.26. The zero-order chi connectivity index (χ0) is 42.8. The Balaban J connectivity index is 0.000000158. The van der Waals surface area contributed by atoms with E-state index in [0.717, 1.165) is 57.4 Å². The van der Waals surface area contributed by atoms with Gasteiger partial charge in [-0.05, 0) is 94.6 Å². The van der Waals surface area contributed by atoms with Crippen LogP contribution in [0.2, 0.25) is 19.6 Å². The van der Waals surface area contributed by atoms with E-state index in [-0.39, 0.29) is 20.1 Å². The summed E-state index contributed by atoms with van der Waals surface area (Å²) in [5.74, 6) is 1.36. The Bertz CT molecular complexity index is 2780.